The van der Waals surface area contributed by atoms with Gasteiger partial charge >= 0.3 is 5.97 Å². The van der Waals surface area contributed by atoms with E-state index in [2.05, 4.69) is 31.4 Å². The van der Waals surface area contributed by atoms with E-state index in [-0.39, 0.29) is 5.41 Å². The minimum Gasteiger partial charge on any atom is -0.486 e. The highest BCUT2D eigenvalue weighted by Gasteiger charge is 2.33. The monoisotopic (exact) mass is 405 g/mol. The summed E-state index contributed by atoms with van der Waals surface area (Å²) >= 11 is 5.75. The minimum absolute atomic E-state index is 0.123. The van der Waals surface area contributed by atoms with Gasteiger partial charge in [-0.3, -0.25) is 4.72 Å². The molecule has 1 aliphatic carbocycles. The first-order chi connectivity index (χ1) is 12.9. The molecule has 0 amide bonds. The van der Waals surface area contributed by atoms with Crippen LogP contribution in [0, 0.1) is 5.41 Å². The summed E-state index contributed by atoms with van der Waals surface area (Å²) < 4.78 is 14.3. The van der Waals surface area contributed by atoms with Crippen molar-refractivity contribution < 1.29 is 19.4 Å². The molecule has 0 fully saturated rings. The smallest absolute Gasteiger partial charge is 0.337 e. The highest BCUT2D eigenvalue weighted by atomic mass is 32.1. The lowest BCUT2D eigenvalue weighted by atomic mass is 9.76. The van der Waals surface area contributed by atoms with Gasteiger partial charge in [-0.15, -0.1) is 11.3 Å². The number of thiophene rings is 1. The molecule has 5 nitrogen and oxygen atoms in total. The Morgan fingerprint density at radius 2 is 2.00 bits per heavy atom. The van der Waals surface area contributed by atoms with Crippen molar-refractivity contribution in [3.63, 3.8) is 0 Å². The second-order valence-corrected chi connectivity index (χ2v) is 9.26. The minimum atomic E-state index is -0.861. The number of nitrogens with one attached hydrogen (secondary N) is 1. The lowest BCUT2D eigenvalue weighted by Gasteiger charge is -2.29. The van der Waals surface area contributed by atoms with Crippen LogP contribution in [-0.4, -0.2) is 24.3 Å². The molecule has 2 heterocycles. The number of carboxylic acid groups (broad SMARTS) is 1. The number of hydrogen-bond acceptors (Lipinski definition) is 6. The van der Waals surface area contributed by atoms with E-state index >= 15 is 0 Å². The number of carbonyl (C=O) groups is 1. The molecule has 0 radical (unpaired) electrons. The van der Waals surface area contributed by atoms with Gasteiger partial charge in [0, 0.05) is 21.9 Å². The largest absolute Gasteiger partial charge is 0.486 e. The SMILES string of the molecule is CC1(C)CCc2sc(-c3cc4c(cc3CNS)OCCO4)c(C(=O)O)c2C1. The molecule has 0 saturated carbocycles. The van der Waals surface area contributed by atoms with E-state index in [0.29, 0.717) is 36.8 Å². The van der Waals surface area contributed by atoms with Gasteiger partial charge in [-0.25, -0.2) is 4.79 Å². The van der Waals surface area contributed by atoms with Gasteiger partial charge < -0.3 is 14.6 Å². The summed E-state index contributed by atoms with van der Waals surface area (Å²) in [6, 6.07) is 3.85. The number of thiol groups is 1. The Kier molecular flexibility index (Phi) is 4.86. The van der Waals surface area contributed by atoms with Crippen molar-refractivity contribution >= 4 is 30.1 Å². The summed E-state index contributed by atoms with van der Waals surface area (Å²) in [6.07, 6.45) is 2.80. The third kappa shape index (κ3) is 3.44. The van der Waals surface area contributed by atoms with Crippen molar-refractivity contribution in [3.8, 4) is 21.9 Å². The number of rotatable bonds is 4. The predicted octanol–water partition coefficient (Wildman–Crippen LogP) is 4.33. The van der Waals surface area contributed by atoms with E-state index in [4.69, 9.17) is 9.47 Å². The molecule has 1 aliphatic heterocycles. The second-order valence-electron chi connectivity index (χ2n) is 7.84. The Bertz CT molecular complexity index is 904. The van der Waals surface area contributed by atoms with Gasteiger partial charge in [0.25, 0.3) is 0 Å². The van der Waals surface area contributed by atoms with Crippen molar-refractivity contribution in [2.24, 2.45) is 5.41 Å². The van der Waals surface area contributed by atoms with Crippen molar-refractivity contribution in [3.05, 3.63) is 33.7 Å². The van der Waals surface area contributed by atoms with Crippen LogP contribution in [0.2, 0.25) is 0 Å². The van der Waals surface area contributed by atoms with Crippen molar-refractivity contribution in [2.45, 2.75) is 39.7 Å². The summed E-state index contributed by atoms with van der Waals surface area (Å²) in [4.78, 5) is 14.2. The lowest BCUT2D eigenvalue weighted by molar-refractivity contribution is 0.0696. The van der Waals surface area contributed by atoms with Gasteiger partial charge in [-0.1, -0.05) is 26.7 Å². The summed E-state index contributed by atoms with van der Waals surface area (Å²) in [5, 5.41) is 10.0. The quantitative estimate of drug-likeness (QED) is 0.661. The maximum atomic E-state index is 12.2. The molecule has 0 unspecified atom stereocenters. The van der Waals surface area contributed by atoms with E-state index in [0.717, 1.165) is 40.8 Å². The molecular formula is C20H23NO4S2. The van der Waals surface area contributed by atoms with Crippen LogP contribution in [0.15, 0.2) is 12.1 Å². The molecule has 1 aromatic carbocycles. The van der Waals surface area contributed by atoms with Crippen molar-refractivity contribution in [1.29, 1.82) is 0 Å². The van der Waals surface area contributed by atoms with Crippen LogP contribution in [-0.2, 0) is 19.4 Å². The normalized spacial score (nSPS) is 17.4. The van der Waals surface area contributed by atoms with Crippen LogP contribution < -0.4 is 14.2 Å². The van der Waals surface area contributed by atoms with E-state index in [1.165, 1.54) is 4.88 Å². The van der Waals surface area contributed by atoms with Gasteiger partial charge in [-0.2, -0.15) is 0 Å². The molecule has 2 aromatic rings. The molecular weight excluding hydrogens is 382 g/mol. The van der Waals surface area contributed by atoms with Crippen LogP contribution in [0.25, 0.3) is 10.4 Å². The Balaban J connectivity index is 1.91. The molecule has 0 bridgehead atoms. The van der Waals surface area contributed by atoms with Crippen LogP contribution in [0.1, 0.15) is 46.6 Å². The maximum Gasteiger partial charge on any atom is 0.337 e. The Morgan fingerprint density at radius 3 is 2.67 bits per heavy atom. The summed E-state index contributed by atoms with van der Waals surface area (Å²) in [5.74, 6) is 0.505. The number of ether oxygens (including phenoxy) is 2. The standard InChI is InChI=1S/C20H23NO4S2/c1-20(2)4-3-16-13(9-20)17(19(22)23)18(27-16)12-8-15-14(24-5-6-25-15)7-11(12)10-21-26/h7-8,21,26H,3-6,9-10H2,1-2H3,(H,22,23). The Hall–Kier alpha value is -1.70. The highest BCUT2D eigenvalue weighted by molar-refractivity contribution is 7.78. The highest BCUT2D eigenvalue weighted by Crippen LogP contribution is 2.47. The van der Waals surface area contributed by atoms with Crippen LogP contribution in [0.5, 0.6) is 11.5 Å². The number of hydrogen-bond donors (Lipinski definition) is 3. The van der Waals surface area contributed by atoms with Crippen LogP contribution in [0.4, 0.5) is 0 Å². The van der Waals surface area contributed by atoms with Gasteiger partial charge in [0.15, 0.2) is 11.5 Å². The summed E-state index contributed by atoms with van der Waals surface area (Å²) in [5.41, 5.74) is 3.40. The number of fused-ring (bicyclic) bond motifs is 2. The van der Waals surface area contributed by atoms with Crippen LogP contribution >= 0.6 is 24.2 Å². The topological polar surface area (TPSA) is 67.8 Å². The fraction of sp³-hybridized carbons (Fsp3) is 0.450. The molecule has 0 saturated heterocycles. The zero-order valence-corrected chi connectivity index (χ0v) is 17.1. The Morgan fingerprint density at radius 1 is 1.30 bits per heavy atom. The van der Waals surface area contributed by atoms with E-state index < -0.39 is 5.97 Å². The molecule has 27 heavy (non-hydrogen) atoms. The van der Waals surface area contributed by atoms with Crippen molar-refractivity contribution in [2.75, 3.05) is 13.2 Å². The summed E-state index contributed by atoms with van der Waals surface area (Å²) in [7, 11) is 0. The van der Waals surface area contributed by atoms with E-state index in [1.54, 1.807) is 11.3 Å². The predicted molar refractivity (Wildman–Crippen MR) is 109 cm³/mol. The van der Waals surface area contributed by atoms with E-state index in [9.17, 15) is 9.90 Å². The van der Waals surface area contributed by atoms with Gasteiger partial charge in [-0.05, 0) is 47.9 Å². The summed E-state index contributed by atoms with van der Waals surface area (Å²) in [6.45, 7) is 5.93. The molecule has 144 valence electrons. The maximum absolute atomic E-state index is 12.2. The number of aryl methyl sites for hydroxylation is 1. The van der Waals surface area contributed by atoms with E-state index in [1.807, 2.05) is 12.1 Å². The second kappa shape index (κ2) is 7.04. The molecule has 0 atom stereocenters. The first-order valence-corrected chi connectivity index (χ1v) is 10.3. The molecule has 1 aromatic heterocycles. The first kappa shape index (κ1) is 18.7. The average Bonchev–Trinajstić information content (AvgIpc) is 2.98. The third-order valence-electron chi connectivity index (χ3n) is 5.27. The number of benzene rings is 1. The average molecular weight is 406 g/mol. The van der Waals surface area contributed by atoms with Gasteiger partial charge in [0.2, 0.25) is 0 Å². The Labute approximate surface area is 168 Å². The first-order valence-electron chi connectivity index (χ1n) is 9.07. The lowest BCUT2D eigenvalue weighted by Crippen LogP contribution is -2.22. The molecule has 0 spiro atoms. The third-order valence-corrected chi connectivity index (χ3v) is 6.75. The molecule has 7 heteroatoms. The number of aromatic carboxylic acids is 1. The molecule has 4 rings (SSSR count). The number of carboxylic acids is 1. The van der Waals surface area contributed by atoms with Gasteiger partial charge in [0.05, 0.1) is 5.56 Å². The van der Waals surface area contributed by atoms with Crippen LogP contribution in [0.3, 0.4) is 0 Å². The van der Waals surface area contributed by atoms with Gasteiger partial charge in [0.1, 0.15) is 13.2 Å². The zero-order valence-electron chi connectivity index (χ0n) is 15.4. The fourth-order valence-electron chi connectivity index (χ4n) is 3.91. The fourth-order valence-corrected chi connectivity index (χ4v) is 5.44. The van der Waals surface area contributed by atoms with Crippen molar-refractivity contribution in [1.82, 2.24) is 4.72 Å². The zero-order chi connectivity index (χ0) is 19.2. The molecule has 2 N–H and O–H groups in total. The molecule has 2 aliphatic rings.